The van der Waals surface area contributed by atoms with E-state index in [0.717, 1.165) is 25.0 Å². The van der Waals surface area contributed by atoms with Crippen LogP contribution >= 0.6 is 7.57 Å². The number of aliphatic hydroxyl groups is 9. The Morgan fingerprint density at radius 1 is 0.412 bits per heavy atom. The molecule has 10 N–H and O–H groups in total. The third-order valence-electron chi connectivity index (χ3n) is 19.3. The number of Topliss-reactive ketones (excluding diaryl/α,β-unsaturated/α-hetero) is 4. The van der Waals surface area contributed by atoms with Crippen molar-refractivity contribution in [1.82, 2.24) is 15.0 Å². The van der Waals surface area contributed by atoms with Crippen LogP contribution in [0, 0.1) is 23.2 Å². The van der Waals surface area contributed by atoms with Crippen LogP contribution in [-0.4, -0.2) is 381 Å². The summed E-state index contributed by atoms with van der Waals surface area (Å²) in [5.41, 5.74) is -0.246. The lowest BCUT2D eigenvalue weighted by Crippen LogP contribution is -2.55. The van der Waals surface area contributed by atoms with Crippen LogP contribution in [0.25, 0.3) is 0 Å². The number of carbonyl (C=O) groups excluding carboxylic acids is 4. The van der Waals surface area contributed by atoms with Crippen molar-refractivity contribution in [3.8, 4) is 0 Å². The molecule has 0 bridgehead atoms. The maximum atomic E-state index is 14.1. The smallest absolute Gasteiger partial charge is 0.247 e. The molecule has 0 spiro atoms. The number of aromatic nitrogens is 3. The standard InChI is InChI=1S/C76H138N3O34P/c1-56-67(87)70(90)64(50-80)111-73(56)107-45-42-101-39-36-98-33-30-95-23-11-16-60(83)19-27-104-53-76(48-63(86)15-8-6-7-14-59-49-79(78-77-59)22-9-10-26-110-114(5,93)94-4,54-105-28-20-61(84)17-12-24-96-31-34-99-37-40-102-43-46-108-74-57(2)68(88)71(91)65(51-81)112-74)55-106-29-21-62(85)18-13-25-97-32-35-100-38-41-103-44-47-109-75-58(3)69(89)72(92)66(52-82)113-75/h49,56-58,64-75,80-82,87-93H,5-48,50-55H2,1-4H3. The lowest BCUT2D eigenvalue weighted by atomic mass is 9.83. The van der Waals surface area contributed by atoms with Gasteiger partial charge in [-0.15, -0.1) is 5.10 Å². The largest absolute Gasteiger partial charge is 0.394 e. The number of ketones is 4. The number of nitrogens with zero attached hydrogens (tertiary/aromatic N) is 3. The van der Waals surface area contributed by atoms with Gasteiger partial charge in [0.25, 0.3) is 0 Å². The molecule has 38 heteroatoms. The van der Waals surface area contributed by atoms with E-state index >= 15 is 0 Å². The monoisotopic (exact) mass is 1670 g/mol. The molecule has 1 aromatic rings. The Morgan fingerprint density at radius 3 is 1.09 bits per heavy atom. The first-order valence-corrected chi connectivity index (χ1v) is 42.1. The summed E-state index contributed by atoms with van der Waals surface area (Å²) >= 11 is 0. The maximum Gasteiger partial charge on any atom is 0.247 e. The average molecular weight is 1670 g/mol. The van der Waals surface area contributed by atoms with Crippen LogP contribution in [0.3, 0.4) is 0 Å². The van der Waals surface area contributed by atoms with E-state index in [0.29, 0.717) is 131 Å². The fourth-order valence-corrected chi connectivity index (χ4v) is 12.7. The SMILES string of the molecule is C=P(O)(OC)OCCCCn1cc(CCCCCC(=O)CC(COCCC(=O)CCCOCCOCCOCCOC2OC(CO)C(O)C(O)C2C)(COCCC(=O)CCCOCCOCCOCCOC2OC(CO)C(O)C(O)C2C)COCCC(=O)CCCOCCOCCOCCOC2OC(CO)C(O)C(O)C2C)nn1. The topological polar surface area (TPSA) is 486 Å². The van der Waals surface area contributed by atoms with E-state index in [1.165, 1.54) is 7.11 Å². The minimum Gasteiger partial charge on any atom is -0.394 e. The predicted octanol–water partition coefficient (Wildman–Crippen LogP) is 0.649. The van der Waals surface area contributed by atoms with Crippen LogP contribution in [0.5, 0.6) is 0 Å². The Bertz CT molecular complexity index is 2460. The summed E-state index contributed by atoms with van der Waals surface area (Å²) in [6, 6.07) is 0. The summed E-state index contributed by atoms with van der Waals surface area (Å²) < 4.78 is 115. The summed E-state index contributed by atoms with van der Waals surface area (Å²) in [5, 5.41) is 97.8. The summed E-state index contributed by atoms with van der Waals surface area (Å²) in [6.45, 7) is 10.4. The van der Waals surface area contributed by atoms with E-state index in [1.807, 2.05) is 6.20 Å². The number of ether oxygens (including phenoxy) is 18. The molecule has 4 rings (SSSR count). The summed E-state index contributed by atoms with van der Waals surface area (Å²) in [4.78, 5) is 63.5. The van der Waals surface area contributed by atoms with Gasteiger partial charge in [-0.1, -0.05) is 32.4 Å². The van der Waals surface area contributed by atoms with Crippen LogP contribution in [0.4, 0.5) is 0 Å². The molecule has 4 heterocycles. The Balaban J connectivity index is 1.23. The minimum absolute atomic E-state index is 0.00890. The first-order chi connectivity index (χ1) is 55.1. The summed E-state index contributed by atoms with van der Waals surface area (Å²) in [6.07, 6.45) is 0.0136. The molecule has 0 saturated carbocycles. The molecule has 0 aromatic carbocycles. The fourth-order valence-electron chi connectivity index (χ4n) is 12.2. The van der Waals surface area contributed by atoms with Gasteiger partial charge >= 0.3 is 0 Å². The molecule has 3 aliphatic rings. The van der Waals surface area contributed by atoms with E-state index in [9.17, 15) is 70.0 Å². The molecular formula is C76H138N3O34P. The molecule has 16 atom stereocenters. The summed E-state index contributed by atoms with van der Waals surface area (Å²) in [7, 11) is -1.70. The molecule has 0 radical (unpaired) electrons. The highest BCUT2D eigenvalue weighted by Gasteiger charge is 2.45. The Labute approximate surface area is 671 Å². The molecule has 114 heavy (non-hydrogen) atoms. The third-order valence-corrected chi connectivity index (χ3v) is 20.4. The van der Waals surface area contributed by atoms with Crippen molar-refractivity contribution in [2.24, 2.45) is 23.2 Å². The average Bonchev–Trinajstić information content (AvgIpc) is 0.979. The Kier molecular flexibility index (Phi) is 57.0. The zero-order valence-electron chi connectivity index (χ0n) is 67.7. The molecule has 3 fully saturated rings. The quantitative estimate of drug-likeness (QED) is 0.0316. The zero-order chi connectivity index (χ0) is 83.0. The van der Waals surface area contributed by atoms with E-state index in [1.54, 1.807) is 25.5 Å². The maximum absolute atomic E-state index is 14.1. The molecule has 37 nitrogen and oxygen atoms in total. The van der Waals surface area contributed by atoms with Gasteiger partial charge in [-0.25, -0.2) is 0 Å². The first kappa shape index (κ1) is 103. The number of aryl methyl sites for hydroxylation is 2. The zero-order valence-corrected chi connectivity index (χ0v) is 68.5. The van der Waals surface area contributed by atoms with Gasteiger partial charge in [-0.05, 0) is 57.7 Å². The second-order valence-corrected chi connectivity index (χ2v) is 30.7. The van der Waals surface area contributed by atoms with Gasteiger partial charge in [-0.3, -0.25) is 23.9 Å². The van der Waals surface area contributed by atoms with Gasteiger partial charge in [0, 0.05) is 114 Å². The normalized spacial score (nSPS) is 25.1. The first-order valence-electron chi connectivity index (χ1n) is 40.3. The number of carbonyl (C=O) groups is 4. The van der Waals surface area contributed by atoms with E-state index < -0.39 is 124 Å². The van der Waals surface area contributed by atoms with Crippen molar-refractivity contribution in [3.63, 3.8) is 0 Å². The molecule has 3 aliphatic heterocycles. The fraction of sp³-hybridized carbons (Fsp3) is 0.908. The number of hydrogen-bond acceptors (Lipinski definition) is 36. The van der Waals surface area contributed by atoms with Crippen LogP contribution in [0.2, 0.25) is 0 Å². The third kappa shape index (κ3) is 44.5. The molecule has 16 unspecified atom stereocenters. The van der Waals surface area contributed by atoms with Gasteiger partial charge in [0.2, 0.25) is 7.57 Å². The van der Waals surface area contributed by atoms with Gasteiger partial charge in [-0.2, -0.15) is 0 Å². The molecule has 666 valence electrons. The van der Waals surface area contributed by atoms with Gasteiger partial charge < -0.3 is 145 Å². The van der Waals surface area contributed by atoms with Crippen molar-refractivity contribution < 1.29 is 164 Å². The van der Waals surface area contributed by atoms with Crippen LogP contribution < -0.4 is 0 Å². The molecule has 3 saturated heterocycles. The van der Waals surface area contributed by atoms with Crippen molar-refractivity contribution >= 4 is 37.0 Å². The van der Waals surface area contributed by atoms with Crippen molar-refractivity contribution in [2.75, 3.05) is 212 Å². The minimum atomic E-state index is -3.05. The second kappa shape index (κ2) is 63.0. The van der Waals surface area contributed by atoms with Crippen LogP contribution in [0.15, 0.2) is 6.20 Å². The molecule has 1 aromatic heterocycles. The lowest BCUT2D eigenvalue weighted by molar-refractivity contribution is -0.284. The van der Waals surface area contributed by atoms with E-state index in [2.05, 4.69) is 16.6 Å². The second-order valence-electron chi connectivity index (χ2n) is 28.8. The highest BCUT2D eigenvalue weighted by molar-refractivity contribution is 7.58. The van der Waals surface area contributed by atoms with Crippen LogP contribution in [-0.2, 0) is 126 Å². The van der Waals surface area contributed by atoms with Crippen LogP contribution in [0.1, 0.15) is 129 Å². The van der Waals surface area contributed by atoms with Gasteiger partial charge in [0.05, 0.1) is 209 Å². The van der Waals surface area contributed by atoms with E-state index in [-0.39, 0.29) is 174 Å². The van der Waals surface area contributed by atoms with Gasteiger partial charge in [0.15, 0.2) is 18.9 Å². The highest BCUT2D eigenvalue weighted by atomic mass is 31.2. The number of hydrogen-bond donors (Lipinski definition) is 10. The molecule has 0 amide bonds. The Morgan fingerprint density at radius 2 is 0.746 bits per heavy atom. The number of aliphatic hydroxyl groups excluding tert-OH is 9. The lowest BCUT2D eigenvalue weighted by Gasteiger charge is -2.40. The van der Waals surface area contributed by atoms with Crippen molar-refractivity contribution in [2.45, 2.75) is 210 Å². The molecular weight excluding hydrogens is 1530 g/mol. The Hall–Kier alpha value is -3.08. The number of rotatable bonds is 75. The summed E-state index contributed by atoms with van der Waals surface area (Å²) in [5.74, 6) is -1.74. The molecule has 0 aliphatic carbocycles. The predicted molar refractivity (Wildman–Crippen MR) is 408 cm³/mol. The van der Waals surface area contributed by atoms with Crippen molar-refractivity contribution in [1.29, 1.82) is 0 Å². The van der Waals surface area contributed by atoms with E-state index in [4.69, 9.17) is 94.3 Å². The van der Waals surface area contributed by atoms with Crippen molar-refractivity contribution in [3.05, 3.63) is 11.9 Å². The van der Waals surface area contributed by atoms with Gasteiger partial charge in [0.1, 0.15) is 59.8 Å². The highest BCUT2D eigenvalue weighted by Crippen LogP contribution is 2.41. The number of unbranched alkanes of at least 4 members (excludes halogenated alkanes) is 3.